The molecule has 1 aromatic heterocycles. The van der Waals surface area contributed by atoms with Crippen molar-refractivity contribution in [2.75, 3.05) is 6.61 Å². The Kier molecular flexibility index (Phi) is 6.26. The summed E-state index contributed by atoms with van der Waals surface area (Å²) >= 11 is 5.04. The van der Waals surface area contributed by atoms with E-state index in [1.807, 2.05) is 43.3 Å². The molecular formula is C16H18BrNO2S. The van der Waals surface area contributed by atoms with Crippen LogP contribution < -0.4 is 10.1 Å². The van der Waals surface area contributed by atoms with E-state index in [0.717, 1.165) is 20.0 Å². The van der Waals surface area contributed by atoms with Gasteiger partial charge in [0.2, 0.25) is 5.91 Å². The number of aryl methyl sites for hydroxylation is 1. The molecule has 0 aliphatic heterocycles. The fraction of sp³-hybridized carbons (Fsp3) is 0.312. The molecule has 0 unspecified atom stereocenters. The van der Waals surface area contributed by atoms with Crippen molar-refractivity contribution in [3.63, 3.8) is 0 Å². The molecule has 0 saturated heterocycles. The van der Waals surface area contributed by atoms with Crippen molar-refractivity contribution in [2.45, 2.75) is 26.3 Å². The molecule has 1 aromatic carbocycles. The normalized spacial score (nSPS) is 10.4. The number of amides is 1. The van der Waals surface area contributed by atoms with Gasteiger partial charge in [0.1, 0.15) is 5.75 Å². The second-order valence-corrected chi connectivity index (χ2v) is 7.25. The molecule has 5 heteroatoms. The van der Waals surface area contributed by atoms with Crippen LogP contribution in [0.2, 0.25) is 0 Å². The van der Waals surface area contributed by atoms with E-state index in [2.05, 4.69) is 21.2 Å². The largest absolute Gasteiger partial charge is 0.493 e. The van der Waals surface area contributed by atoms with E-state index in [1.165, 1.54) is 0 Å². The molecule has 2 aromatic rings. The van der Waals surface area contributed by atoms with Crippen LogP contribution in [-0.2, 0) is 11.3 Å². The van der Waals surface area contributed by atoms with Crippen molar-refractivity contribution < 1.29 is 9.53 Å². The lowest BCUT2D eigenvalue weighted by Gasteiger charge is -2.08. The number of hydrogen-bond acceptors (Lipinski definition) is 3. The Balaban J connectivity index is 1.62. The number of para-hydroxylation sites is 1. The van der Waals surface area contributed by atoms with E-state index in [1.54, 1.807) is 11.3 Å². The van der Waals surface area contributed by atoms with Crippen LogP contribution in [0, 0.1) is 6.92 Å². The van der Waals surface area contributed by atoms with Crippen molar-refractivity contribution in [1.82, 2.24) is 5.32 Å². The van der Waals surface area contributed by atoms with Crippen LogP contribution in [0.1, 0.15) is 23.3 Å². The van der Waals surface area contributed by atoms with Gasteiger partial charge in [0.15, 0.2) is 0 Å². The highest BCUT2D eigenvalue weighted by Gasteiger charge is 2.04. The standard InChI is InChI=1S/C16H18BrNO2S/c1-12-5-2-3-6-14(12)20-10-4-7-16(19)18-11-13-8-9-15(17)21-13/h2-3,5-6,8-9H,4,7,10-11H2,1H3,(H,18,19). The van der Waals surface area contributed by atoms with Crippen molar-refractivity contribution in [2.24, 2.45) is 0 Å². The number of halogens is 1. The van der Waals surface area contributed by atoms with Gasteiger partial charge >= 0.3 is 0 Å². The van der Waals surface area contributed by atoms with Crippen molar-refractivity contribution in [1.29, 1.82) is 0 Å². The Labute approximate surface area is 137 Å². The summed E-state index contributed by atoms with van der Waals surface area (Å²) < 4.78 is 6.75. The minimum absolute atomic E-state index is 0.0629. The maximum Gasteiger partial charge on any atom is 0.220 e. The first-order valence-corrected chi connectivity index (χ1v) is 8.45. The van der Waals surface area contributed by atoms with Crippen LogP contribution in [-0.4, -0.2) is 12.5 Å². The van der Waals surface area contributed by atoms with E-state index < -0.39 is 0 Å². The van der Waals surface area contributed by atoms with Crippen LogP contribution in [0.25, 0.3) is 0 Å². The summed E-state index contributed by atoms with van der Waals surface area (Å²) in [4.78, 5) is 12.9. The summed E-state index contributed by atoms with van der Waals surface area (Å²) in [5.74, 6) is 0.953. The SMILES string of the molecule is Cc1ccccc1OCCCC(=O)NCc1ccc(Br)s1. The second-order valence-electron chi connectivity index (χ2n) is 4.70. The van der Waals surface area contributed by atoms with Crippen LogP contribution in [0.3, 0.4) is 0 Å². The van der Waals surface area contributed by atoms with Gasteiger partial charge in [-0.05, 0) is 53.0 Å². The molecule has 3 nitrogen and oxygen atoms in total. The van der Waals surface area contributed by atoms with Gasteiger partial charge in [-0.1, -0.05) is 18.2 Å². The van der Waals surface area contributed by atoms with Gasteiger partial charge in [0.25, 0.3) is 0 Å². The third-order valence-corrected chi connectivity index (χ3v) is 4.61. The number of ether oxygens (including phenoxy) is 1. The first-order valence-electron chi connectivity index (χ1n) is 6.84. The molecular weight excluding hydrogens is 350 g/mol. The molecule has 1 heterocycles. The topological polar surface area (TPSA) is 38.3 Å². The van der Waals surface area contributed by atoms with Gasteiger partial charge in [0.05, 0.1) is 16.9 Å². The molecule has 0 atom stereocenters. The molecule has 0 radical (unpaired) electrons. The third kappa shape index (κ3) is 5.52. The lowest BCUT2D eigenvalue weighted by Crippen LogP contribution is -2.22. The Morgan fingerprint density at radius 2 is 2.10 bits per heavy atom. The van der Waals surface area contributed by atoms with Gasteiger partial charge in [-0.25, -0.2) is 0 Å². The molecule has 1 amide bonds. The van der Waals surface area contributed by atoms with Crippen LogP contribution in [0.4, 0.5) is 0 Å². The zero-order valence-corrected chi connectivity index (χ0v) is 14.3. The highest BCUT2D eigenvalue weighted by molar-refractivity contribution is 9.11. The van der Waals surface area contributed by atoms with E-state index in [-0.39, 0.29) is 5.91 Å². The summed E-state index contributed by atoms with van der Waals surface area (Å²) in [7, 11) is 0. The highest BCUT2D eigenvalue weighted by Crippen LogP contribution is 2.21. The summed E-state index contributed by atoms with van der Waals surface area (Å²) in [6, 6.07) is 11.9. The summed E-state index contributed by atoms with van der Waals surface area (Å²) in [6.45, 7) is 3.16. The summed E-state index contributed by atoms with van der Waals surface area (Å²) in [5, 5.41) is 2.92. The number of carbonyl (C=O) groups is 1. The fourth-order valence-electron chi connectivity index (χ4n) is 1.85. The molecule has 0 aliphatic carbocycles. The maximum atomic E-state index is 11.7. The first kappa shape index (κ1) is 16.0. The predicted molar refractivity (Wildman–Crippen MR) is 89.8 cm³/mol. The zero-order valence-electron chi connectivity index (χ0n) is 11.9. The summed E-state index contributed by atoms with van der Waals surface area (Å²) in [5.41, 5.74) is 1.12. The Hall–Kier alpha value is -1.33. The monoisotopic (exact) mass is 367 g/mol. The van der Waals surface area contributed by atoms with Gasteiger partial charge in [-0.2, -0.15) is 0 Å². The Morgan fingerprint density at radius 3 is 2.81 bits per heavy atom. The van der Waals surface area contributed by atoms with E-state index >= 15 is 0 Å². The summed E-state index contributed by atoms with van der Waals surface area (Å²) in [6.07, 6.45) is 1.20. The van der Waals surface area contributed by atoms with Gasteiger partial charge in [0, 0.05) is 11.3 Å². The van der Waals surface area contributed by atoms with Crippen LogP contribution >= 0.6 is 27.3 Å². The number of hydrogen-bond donors (Lipinski definition) is 1. The van der Waals surface area contributed by atoms with E-state index in [4.69, 9.17) is 4.74 Å². The van der Waals surface area contributed by atoms with Crippen LogP contribution in [0.5, 0.6) is 5.75 Å². The molecule has 2 rings (SSSR count). The Morgan fingerprint density at radius 1 is 1.29 bits per heavy atom. The van der Waals surface area contributed by atoms with Crippen LogP contribution in [0.15, 0.2) is 40.2 Å². The average Bonchev–Trinajstić information content (AvgIpc) is 2.89. The average molecular weight is 368 g/mol. The van der Waals surface area contributed by atoms with Crippen molar-refractivity contribution in [3.05, 3.63) is 50.6 Å². The third-order valence-electron chi connectivity index (χ3n) is 2.99. The molecule has 112 valence electrons. The lowest BCUT2D eigenvalue weighted by molar-refractivity contribution is -0.121. The van der Waals surface area contributed by atoms with Gasteiger partial charge in [-0.15, -0.1) is 11.3 Å². The number of nitrogens with one attached hydrogen (secondary N) is 1. The lowest BCUT2D eigenvalue weighted by atomic mass is 10.2. The zero-order chi connectivity index (χ0) is 15.1. The van der Waals surface area contributed by atoms with Gasteiger partial charge in [-0.3, -0.25) is 4.79 Å². The van der Waals surface area contributed by atoms with E-state index in [0.29, 0.717) is 26.0 Å². The Bertz CT molecular complexity index is 597. The highest BCUT2D eigenvalue weighted by atomic mass is 79.9. The molecule has 0 saturated carbocycles. The van der Waals surface area contributed by atoms with Crippen molar-refractivity contribution in [3.8, 4) is 5.75 Å². The molecule has 21 heavy (non-hydrogen) atoms. The minimum atomic E-state index is 0.0629. The molecule has 0 aliphatic rings. The molecule has 0 bridgehead atoms. The minimum Gasteiger partial charge on any atom is -0.493 e. The smallest absolute Gasteiger partial charge is 0.220 e. The maximum absolute atomic E-state index is 11.7. The second kappa shape index (κ2) is 8.20. The molecule has 0 fully saturated rings. The number of rotatable bonds is 7. The number of benzene rings is 1. The molecule has 1 N–H and O–H groups in total. The van der Waals surface area contributed by atoms with Gasteiger partial charge < -0.3 is 10.1 Å². The quantitative estimate of drug-likeness (QED) is 0.741. The van der Waals surface area contributed by atoms with Crippen molar-refractivity contribution >= 4 is 33.2 Å². The molecule has 0 spiro atoms. The number of thiophene rings is 1. The predicted octanol–water partition coefficient (Wildman–Crippen LogP) is 4.29. The number of carbonyl (C=O) groups excluding carboxylic acids is 1. The first-order chi connectivity index (χ1) is 10.1. The van der Waals surface area contributed by atoms with E-state index in [9.17, 15) is 4.79 Å². The fourth-order valence-corrected chi connectivity index (χ4v) is 3.28.